The molecule has 0 saturated heterocycles. The Labute approximate surface area is 108 Å². The molecule has 0 N–H and O–H groups in total. The summed E-state index contributed by atoms with van der Waals surface area (Å²) in [5.41, 5.74) is 4.34. The second kappa shape index (κ2) is 4.41. The second-order valence-corrected chi connectivity index (χ2v) is 5.34. The molecule has 2 aromatic rings. The Morgan fingerprint density at radius 2 is 1.72 bits per heavy atom. The van der Waals surface area contributed by atoms with E-state index in [9.17, 15) is 0 Å². The molecule has 0 amide bonds. The number of hydrogen-bond donors (Lipinski definition) is 0. The monoisotopic (exact) mass is 235 g/mol. The molecular formula is C17H17N. The van der Waals surface area contributed by atoms with Gasteiger partial charge in [0.2, 0.25) is 0 Å². The van der Waals surface area contributed by atoms with Crippen molar-refractivity contribution >= 4 is 6.08 Å². The van der Waals surface area contributed by atoms with E-state index in [0.29, 0.717) is 5.41 Å². The van der Waals surface area contributed by atoms with E-state index in [1.165, 1.54) is 11.1 Å². The van der Waals surface area contributed by atoms with Gasteiger partial charge < -0.3 is 0 Å². The smallest absolute Gasteiger partial charge is 0.0629 e. The molecule has 0 aliphatic heterocycles. The molecule has 0 bridgehead atoms. The summed E-state index contributed by atoms with van der Waals surface area (Å²) in [6.07, 6.45) is 6.37. The highest BCUT2D eigenvalue weighted by Crippen LogP contribution is 2.47. The first-order chi connectivity index (χ1) is 8.76. The van der Waals surface area contributed by atoms with Crippen molar-refractivity contribution in [3.63, 3.8) is 0 Å². The highest BCUT2D eigenvalue weighted by atomic mass is 14.7. The van der Waals surface area contributed by atoms with Gasteiger partial charge in [0, 0.05) is 6.20 Å². The molecule has 3 rings (SSSR count). The van der Waals surface area contributed by atoms with E-state index < -0.39 is 0 Å². The average Bonchev–Trinajstić information content (AvgIpc) is 2.39. The average molecular weight is 235 g/mol. The van der Waals surface area contributed by atoms with Crippen LogP contribution >= 0.6 is 0 Å². The minimum absolute atomic E-state index is 0.321. The first-order valence-electron chi connectivity index (χ1n) is 6.42. The molecule has 0 atom stereocenters. The van der Waals surface area contributed by atoms with E-state index in [4.69, 9.17) is 0 Å². The second-order valence-electron chi connectivity index (χ2n) is 5.34. The largest absolute Gasteiger partial charge is 0.257 e. The molecule has 1 aliphatic rings. The lowest BCUT2D eigenvalue weighted by Crippen LogP contribution is -2.32. The molecule has 1 heteroatoms. The van der Waals surface area contributed by atoms with E-state index in [1.807, 2.05) is 18.3 Å². The van der Waals surface area contributed by atoms with E-state index >= 15 is 0 Å². The van der Waals surface area contributed by atoms with Crippen LogP contribution in [0.1, 0.15) is 31.0 Å². The van der Waals surface area contributed by atoms with Gasteiger partial charge in [-0.2, -0.15) is 0 Å². The maximum absolute atomic E-state index is 4.34. The fourth-order valence-corrected chi connectivity index (χ4v) is 2.77. The van der Waals surface area contributed by atoms with E-state index in [0.717, 1.165) is 18.5 Å². The first kappa shape index (κ1) is 11.2. The summed E-state index contributed by atoms with van der Waals surface area (Å²) < 4.78 is 0. The van der Waals surface area contributed by atoms with E-state index in [1.54, 1.807) is 0 Å². The van der Waals surface area contributed by atoms with Gasteiger partial charge in [0.05, 0.1) is 5.69 Å². The Bertz CT molecular complexity index is 547. The van der Waals surface area contributed by atoms with Crippen LogP contribution in [0.15, 0.2) is 60.3 Å². The summed E-state index contributed by atoms with van der Waals surface area (Å²) in [5.74, 6) is 0. The highest BCUT2D eigenvalue weighted by Gasteiger charge is 2.37. The third-order valence-electron chi connectivity index (χ3n) is 3.74. The number of hydrogen-bond acceptors (Lipinski definition) is 1. The standard InChI is InChI=1S/C17H17N/c1-17(15-7-3-2-4-8-15)12-14(13-17)11-16-9-5-6-10-18-16/h2-11H,12-13H2,1H3. The van der Waals surface area contributed by atoms with Crippen molar-refractivity contribution in [3.8, 4) is 0 Å². The number of rotatable bonds is 2. The van der Waals surface area contributed by atoms with Crippen LogP contribution in [-0.2, 0) is 5.41 Å². The zero-order valence-corrected chi connectivity index (χ0v) is 10.6. The Hall–Kier alpha value is -1.89. The number of nitrogens with zero attached hydrogens (tertiary/aromatic N) is 1. The molecule has 1 saturated carbocycles. The highest BCUT2D eigenvalue weighted by molar-refractivity contribution is 5.53. The molecule has 0 spiro atoms. The van der Waals surface area contributed by atoms with Gasteiger partial charge in [-0.1, -0.05) is 48.9 Å². The van der Waals surface area contributed by atoms with Gasteiger partial charge in [0.25, 0.3) is 0 Å². The predicted octanol–water partition coefficient (Wildman–Crippen LogP) is 4.22. The molecule has 18 heavy (non-hydrogen) atoms. The fraction of sp³-hybridized carbons (Fsp3) is 0.235. The molecule has 0 unspecified atom stereocenters. The van der Waals surface area contributed by atoms with Crippen molar-refractivity contribution in [1.29, 1.82) is 0 Å². The molecular weight excluding hydrogens is 218 g/mol. The summed E-state index contributed by atoms with van der Waals surface area (Å²) in [6.45, 7) is 2.35. The first-order valence-corrected chi connectivity index (χ1v) is 6.42. The summed E-state index contributed by atoms with van der Waals surface area (Å²) in [6, 6.07) is 16.9. The van der Waals surface area contributed by atoms with Crippen molar-refractivity contribution in [2.24, 2.45) is 0 Å². The number of aromatic nitrogens is 1. The Balaban J connectivity index is 1.75. The van der Waals surface area contributed by atoms with Crippen molar-refractivity contribution in [2.75, 3.05) is 0 Å². The summed E-state index contributed by atoms with van der Waals surface area (Å²) in [7, 11) is 0. The lowest BCUT2D eigenvalue weighted by atomic mass is 9.63. The maximum atomic E-state index is 4.34. The van der Waals surface area contributed by atoms with Crippen LogP contribution in [0, 0.1) is 0 Å². The molecule has 1 aromatic heterocycles. The van der Waals surface area contributed by atoms with Gasteiger partial charge in [0.1, 0.15) is 0 Å². The van der Waals surface area contributed by atoms with Crippen LogP contribution in [-0.4, -0.2) is 4.98 Å². The molecule has 90 valence electrons. The minimum atomic E-state index is 0.321. The number of pyridine rings is 1. The lowest BCUT2D eigenvalue weighted by molar-refractivity contribution is 0.370. The van der Waals surface area contributed by atoms with Gasteiger partial charge in [-0.25, -0.2) is 0 Å². The molecule has 0 radical (unpaired) electrons. The normalized spacial score (nSPS) is 22.4. The minimum Gasteiger partial charge on any atom is -0.257 e. The van der Waals surface area contributed by atoms with Crippen molar-refractivity contribution in [3.05, 3.63) is 71.6 Å². The van der Waals surface area contributed by atoms with Gasteiger partial charge >= 0.3 is 0 Å². The molecule has 1 heterocycles. The topological polar surface area (TPSA) is 12.9 Å². The van der Waals surface area contributed by atoms with Crippen LogP contribution < -0.4 is 0 Å². The molecule has 1 fully saturated rings. The third-order valence-corrected chi connectivity index (χ3v) is 3.74. The summed E-state index contributed by atoms with van der Waals surface area (Å²) in [5, 5.41) is 0. The summed E-state index contributed by atoms with van der Waals surface area (Å²) >= 11 is 0. The van der Waals surface area contributed by atoms with Gasteiger partial charge in [-0.15, -0.1) is 0 Å². The zero-order valence-electron chi connectivity index (χ0n) is 10.6. The van der Waals surface area contributed by atoms with Crippen LogP contribution in [0.3, 0.4) is 0 Å². The number of benzene rings is 1. The molecule has 1 nitrogen and oxygen atoms in total. The van der Waals surface area contributed by atoms with Crippen LogP contribution in [0.2, 0.25) is 0 Å². The third kappa shape index (κ3) is 2.08. The molecule has 1 aromatic carbocycles. The van der Waals surface area contributed by atoms with Gasteiger partial charge in [-0.3, -0.25) is 4.98 Å². The zero-order chi connectivity index (χ0) is 12.4. The predicted molar refractivity (Wildman–Crippen MR) is 75.2 cm³/mol. The van der Waals surface area contributed by atoms with Crippen molar-refractivity contribution < 1.29 is 0 Å². The van der Waals surface area contributed by atoms with Gasteiger partial charge in [-0.05, 0) is 42.0 Å². The van der Waals surface area contributed by atoms with E-state index in [2.05, 4.69) is 54.4 Å². The lowest BCUT2D eigenvalue weighted by Gasteiger charge is -2.41. The van der Waals surface area contributed by atoms with Crippen molar-refractivity contribution in [2.45, 2.75) is 25.2 Å². The van der Waals surface area contributed by atoms with Gasteiger partial charge in [0.15, 0.2) is 0 Å². The number of allylic oxidation sites excluding steroid dienone is 1. The Morgan fingerprint density at radius 1 is 1.00 bits per heavy atom. The Kier molecular flexibility index (Phi) is 2.75. The quantitative estimate of drug-likeness (QED) is 0.759. The summed E-state index contributed by atoms with van der Waals surface area (Å²) in [4.78, 5) is 4.34. The fourth-order valence-electron chi connectivity index (χ4n) is 2.77. The van der Waals surface area contributed by atoms with E-state index in [-0.39, 0.29) is 0 Å². The van der Waals surface area contributed by atoms with Crippen LogP contribution in [0.5, 0.6) is 0 Å². The maximum Gasteiger partial charge on any atom is 0.0629 e. The SMILES string of the molecule is CC1(c2ccccc2)CC(=Cc2ccccn2)C1. The Morgan fingerprint density at radius 3 is 2.39 bits per heavy atom. The molecule has 1 aliphatic carbocycles. The van der Waals surface area contributed by atoms with Crippen LogP contribution in [0.25, 0.3) is 6.08 Å². The van der Waals surface area contributed by atoms with Crippen molar-refractivity contribution in [1.82, 2.24) is 4.98 Å². The van der Waals surface area contributed by atoms with Crippen LogP contribution in [0.4, 0.5) is 0 Å².